The molecule has 3 N–H and O–H groups in total. The second kappa shape index (κ2) is 4.84. The molecule has 2 atom stereocenters. The van der Waals surface area contributed by atoms with E-state index in [-0.39, 0.29) is 12.6 Å². The van der Waals surface area contributed by atoms with Crippen LogP contribution < -0.4 is 10.5 Å². The SMILES string of the molecule is C[C@H](N)[C@H](O)COc1ccccc1. The van der Waals surface area contributed by atoms with Crippen LogP contribution in [0.15, 0.2) is 30.3 Å². The fourth-order valence-electron chi connectivity index (χ4n) is 0.850. The van der Waals surface area contributed by atoms with Gasteiger partial charge in [-0.1, -0.05) is 18.2 Å². The van der Waals surface area contributed by atoms with Crippen LogP contribution in [-0.4, -0.2) is 23.9 Å². The minimum atomic E-state index is -0.611. The van der Waals surface area contributed by atoms with Gasteiger partial charge >= 0.3 is 0 Å². The van der Waals surface area contributed by atoms with Gasteiger partial charge in [0.25, 0.3) is 0 Å². The molecular formula is C10H15NO2. The number of hydrogen-bond acceptors (Lipinski definition) is 3. The van der Waals surface area contributed by atoms with E-state index in [2.05, 4.69) is 0 Å². The molecule has 3 heteroatoms. The lowest BCUT2D eigenvalue weighted by molar-refractivity contribution is 0.0901. The predicted octanol–water partition coefficient (Wildman–Crippen LogP) is 0.773. The van der Waals surface area contributed by atoms with Crippen molar-refractivity contribution in [2.45, 2.75) is 19.1 Å². The van der Waals surface area contributed by atoms with Crippen molar-refractivity contribution in [1.82, 2.24) is 0 Å². The molecule has 0 bridgehead atoms. The van der Waals surface area contributed by atoms with E-state index < -0.39 is 6.10 Å². The molecule has 0 aliphatic carbocycles. The van der Waals surface area contributed by atoms with Crippen LogP contribution in [-0.2, 0) is 0 Å². The van der Waals surface area contributed by atoms with E-state index in [0.29, 0.717) is 0 Å². The molecule has 0 aromatic heterocycles. The van der Waals surface area contributed by atoms with Crippen molar-refractivity contribution in [1.29, 1.82) is 0 Å². The van der Waals surface area contributed by atoms with Gasteiger partial charge in [0.2, 0.25) is 0 Å². The van der Waals surface area contributed by atoms with E-state index in [1.807, 2.05) is 30.3 Å². The Morgan fingerprint density at radius 2 is 2.00 bits per heavy atom. The predicted molar refractivity (Wildman–Crippen MR) is 51.6 cm³/mol. The highest BCUT2D eigenvalue weighted by atomic mass is 16.5. The van der Waals surface area contributed by atoms with Crippen molar-refractivity contribution in [2.24, 2.45) is 5.73 Å². The summed E-state index contributed by atoms with van der Waals surface area (Å²) in [5.41, 5.74) is 5.47. The van der Waals surface area contributed by atoms with Crippen molar-refractivity contribution >= 4 is 0 Å². The molecule has 72 valence electrons. The fourth-order valence-corrected chi connectivity index (χ4v) is 0.850. The lowest BCUT2D eigenvalue weighted by Crippen LogP contribution is -2.36. The lowest BCUT2D eigenvalue weighted by Gasteiger charge is -2.14. The van der Waals surface area contributed by atoms with Gasteiger partial charge in [-0.3, -0.25) is 0 Å². The molecule has 3 nitrogen and oxygen atoms in total. The van der Waals surface area contributed by atoms with Gasteiger partial charge in [0.05, 0.1) is 0 Å². The maximum Gasteiger partial charge on any atom is 0.119 e. The number of ether oxygens (including phenoxy) is 1. The second-order valence-electron chi connectivity index (χ2n) is 3.05. The first kappa shape index (κ1) is 10.0. The van der Waals surface area contributed by atoms with Gasteiger partial charge in [0.15, 0.2) is 0 Å². The highest BCUT2D eigenvalue weighted by molar-refractivity contribution is 5.20. The van der Waals surface area contributed by atoms with Gasteiger partial charge in [-0.2, -0.15) is 0 Å². The first-order chi connectivity index (χ1) is 6.20. The summed E-state index contributed by atoms with van der Waals surface area (Å²) in [6, 6.07) is 9.10. The minimum absolute atomic E-state index is 0.238. The van der Waals surface area contributed by atoms with E-state index in [9.17, 15) is 5.11 Å². The largest absolute Gasteiger partial charge is 0.491 e. The number of rotatable bonds is 4. The summed E-state index contributed by atoms with van der Waals surface area (Å²) < 4.78 is 5.30. The quantitative estimate of drug-likeness (QED) is 0.721. The number of nitrogens with two attached hydrogens (primary N) is 1. The van der Waals surface area contributed by atoms with Crippen LogP contribution in [0.3, 0.4) is 0 Å². The van der Waals surface area contributed by atoms with Crippen molar-refractivity contribution in [3.05, 3.63) is 30.3 Å². The van der Waals surface area contributed by atoms with Crippen LogP contribution in [0, 0.1) is 0 Å². The summed E-state index contributed by atoms with van der Waals surface area (Å²) in [6.07, 6.45) is -0.611. The number of para-hydroxylation sites is 1. The van der Waals surface area contributed by atoms with Crippen LogP contribution in [0.1, 0.15) is 6.92 Å². The Kier molecular flexibility index (Phi) is 3.73. The topological polar surface area (TPSA) is 55.5 Å². The van der Waals surface area contributed by atoms with E-state index >= 15 is 0 Å². The standard InChI is InChI=1S/C10H15NO2/c1-8(11)10(12)7-13-9-5-3-2-4-6-9/h2-6,8,10,12H,7,11H2,1H3/t8-,10+/m0/s1. The second-order valence-corrected chi connectivity index (χ2v) is 3.05. The lowest BCUT2D eigenvalue weighted by atomic mass is 10.2. The van der Waals surface area contributed by atoms with Gasteiger partial charge in [-0.25, -0.2) is 0 Å². The Hall–Kier alpha value is -1.06. The molecule has 0 aliphatic rings. The highest BCUT2D eigenvalue weighted by Gasteiger charge is 2.09. The van der Waals surface area contributed by atoms with Crippen molar-refractivity contribution < 1.29 is 9.84 Å². The third kappa shape index (κ3) is 3.44. The molecule has 0 spiro atoms. The minimum Gasteiger partial charge on any atom is -0.491 e. The molecule has 0 heterocycles. The Morgan fingerprint density at radius 3 is 2.54 bits per heavy atom. The Balaban J connectivity index is 2.35. The fraction of sp³-hybridized carbons (Fsp3) is 0.400. The average Bonchev–Trinajstić information content (AvgIpc) is 2.15. The first-order valence-corrected chi connectivity index (χ1v) is 4.31. The molecule has 1 aromatic rings. The zero-order valence-electron chi connectivity index (χ0n) is 7.68. The Labute approximate surface area is 78.1 Å². The zero-order valence-corrected chi connectivity index (χ0v) is 7.68. The highest BCUT2D eigenvalue weighted by Crippen LogP contribution is 2.08. The Morgan fingerprint density at radius 1 is 1.38 bits per heavy atom. The monoisotopic (exact) mass is 181 g/mol. The molecule has 0 saturated heterocycles. The number of aliphatic hydroxyl groups is 1. The Bertz CT molecular complexity index is 236. The summed E-state index contributed by atoms with van der Waals surface area (Å²) in [6.45, 7) is 1.99. The van der Waals surface area contributed by atoms with Gasteiger partial charge in [-0.15, -0.1) is 0 Å². The molecule has 1 aromatic carbocycles. The molecule has 13 heavy (non-hydrogen) atoms. The third-order valence-corrected chi connectivity index (χ3v) is 1.77. The summed E-state index contributed by atoms with van der Waals surface area (Å²) in [7, 11) is 0. The van der Waals surface area contributed by atoms with Gasteiger partial charge in [0, 0.05) is 6.04 Å². The van der Waals surface area contributed by atoms with Crippen LogP contribution >= 0.6 is 0 Å². The van der Waals surface area contributed by atoms with Crippen molar-refractivity contribution in [2.75, 3.05) is 6.61 Å². The summed E-state index contributed by atoms with van der Waals surface area (Å²) in [4.78, 5) is 0. The molecule has 1 rings (SSSR count). The summed E-state index contributed by atoms with van der Waals surface area (Å²) >= 11 is 0. The maximum absolute atomic E-state index is 9.34. The maximum atomic E-state index is 9.34. The third-order valence-electron chi connectivity index (χ3n) is 1.77. The van der Waals surface area contributed by atoms with Gasteiger partial charge in [-0.05, 0) is 19.1 Å². The molecule has 0 unspecified atom stereocenters. The first-order valence-electron chi connectivity index (χ1n) is 4.31. The van der Waals surface area contributed by atoms with Crippen molar-refractivity contribution in [3.8, 4) is 5.75 Å². The number of benzene rings is 1. The van der Waals surface area contributed by atoms with E-state index in [0.717, 1.165) is 5.75 Å². The number of aliphatic hydroxyl groups excluding tert-OH is 1. The molecule has 0 saturated carbocycles. The molecular weight excluding hydrogens is 166 g/mol. The van der Waals surface area contributed by atoms with Gasteiger partial charge < -0.3 is 15.6 Å². The van der Waals surface area contributed by atoms with Crippen LogP contribution in [0.4, 0.5) is 0 Å². The van der Waals surface area contributed by atoms with Crippen LogP contribution in [0.2, 0.25) is 0 Å². The average molecular weight is 181 g/mol. The molecule has 0 amide bonds. The molecule has 0 aliphatic heterocycles. The normalized spacial score (nSPS) is 15.0. The summed E-state index contributed by atoms with van der Waals surface area (Å²) in [5, 5.41) is 9.34. The van der Waals surface area contributed by atoms with E-state index in [1.54, 1.807) is 6.92 Å². The molecule has 0 fully saturated rings. The van der Waals surface area contributed by atoms with Gasteiger partial charge in [0.1, 0.15) is 18.5 Å². The molecule has 0 radical (unpaired) electrons. The smallest absolute Gasteiger partial charge is 0.119 e. The van der Waals surface area contributed by atoms with Crippen LogP contribution in [0.5, 0.6) is 5.75 Å². The zero-order chi connectivity index (χ0) is 9.68. The summed E-state index contributed by atoms with van der Waals surface area (Å²) in [5.74, 6) is 0.752. The van der Waals surface area contributed by atoms with Crippen molar-refractivity contribution in [3.63, 3.8) is 0 Å². The number of hydrogen-bond donors (Lipinski definition) is 2. The van der Waals surface area contributed by atoms with E-state index in [4.69, 9.17) is 10.5 Å². The van der Waals surface area contributed by atoms with E-state index in [1.165, 1.54) is 0 Å². The van der Waals surface area contributed by atoms with Crippen LogP contribution in [0.25, 0.3) is 0 Å².